The molecule has 0 amide bonds. The Balaban J connectivity index is 3.73. The number of hydrogen-bond donors (Lipinski definition) is 1. The van der Waals surface area contributed by atoms with Gasteiger partial charge in [-0.15, -0.1) is 0 Å². The summed E-state index contributed by atoms with van der Waals surface area (Å²) in [6, 6.07) is 0. The van der Waals surface area contributed by atoms with Crippen molar-refractivity contribution in [3.63, 3.8) is 0 Å². The molecule has 0 saturated carbocycles. The Hall–Kier alpha value is -0.0400. The van der Waals surface area contributed by atoms with Crippen LogP contribution in [-0.4, -0.2) is 11.7 Å². The lowest BCUT2D eigenvalue weighted by atomic mass is 9.81. The van der Waals surface area contributed by atoms with E-state index in [2.05, 4.69) is 55.4 Å². The van der Waals surface area contributed by atoms with E-state index in [1.807, 2.05) is 0 Å². The predicted octanol–water partition coefficient (Wildman–Crippen LogP) is 12.6. The van der Waals surface area contributed by atoms with Crippen LogP contribution in [0.15, 0.2) is 0 Å². The first-order valence-electron chi connectivity index (χ1n) is 17.8. The van der Waals surface area contributed by atoms with E-state index < -0.39 is 0 Å². The molecule has 0 spiro atoms. The quantitative estimate of drug-likeness (QED) is 0.0985. The van der Waals surface area contributed by atoms with Crippen LogP contribution in [0.4, 0.5) is 0 Å². The molecule has 0 saturated heterocycles. The van der Waals surface area contributed by atoms with Crippen LogP contribution in [-0.2, 0) is 0 Å². The Morgan fingerprint density at radius 3 is 0.921 bits per heavy atom. The summed E-state index contributed by atoms with van der Waals surface area (Å²) in [5, 5.41) is 9.32. The Morgan fingerprint density at radius 1 is 0.342 bits per heavy atom. The highest BCUT2D eigenvalue weighted by Crippen LogP contribution is 2.30. The van der Waals surface area contributed by atoms with Gasteiger partial charge in [0.15, 0.2) is 0 Å². The fraction of sp³-hybridized carbons (Fsp3) is 1.00. The van der Waals surface area contributed by atoms with Crippen molar-refractivity contribution in [3.8, 4) is 0 Å². The SMILES string of the molecule is CCCCCCCCCCCCCCCC[C@H](C)C[C@H](C)C[C@H](C)C[C@H](C)C[C@H](C)C[C@H](C)C[C@H](C)CO. The Morgan fingerprint density at radius 2 is 0.605 bits per heavy atom. The van der Waals surface area contributed by atoms with Crippen molar-refractivity contribution in [1.82, 2.24) is 0 Å². The molecule has 0 aliphatic carbocycles. The van der Waals surface area contributed by atoms with Gasteiger partial charge in [-0.1, -0.05) is 152 Å². The smallest absolute Gasteiger partial charge is 0.0456 e. The molecule has 0 fully saturated rings. The molecule has 230 valence electrons. The molecule has 0 aliphatic heterocycles. The minimum Gasteiger partial charge on any atom is -0.396 e. The normalized spacial score (nSPS) is 17.6. The van der Waals surface area contributed by atoms with E-state index in [4.69, 9.17) is 0 Å². The molecule has 0 heterocycles. The number of hydrogen-bond acceptors (Lipinski definition) is 1. The number of rotatable bonds is 28. The van der Waals surface area contributed by atoms with Crippen molar-refractivity contribution in [2.24, 2.45) is 41.4 Å². The Bertz CT molecular complexity index is 473. The molecule has 1 N–H and O–H groups in total. The fourth-order valence-corrected chi connectivity index (χ4v) is 7.48. The van der Waals surface area contributed by atoms with E-state index in [-0.39, 0.29) is 0 Å². The highest BCUT2D eigenvalue weighted by atomic mass is 16.3. The van der Waals surface area contributed by atoms with Crippen molar-refractivity contribution in [3.05, 3.63) is 0 Å². The van der Waals surface area contributed by atoms with Crippen molar-refractivity contribution in [2.75, 3.05) is 6.61 Å². The van der Waals surface area contributed by atoms with E-state index in [1.165, 1.54) is 135 Å². The van der Waals surface area contributed by atoms with E-state index in [0.717, 1.165) is 35.5 Å². The maximum atomic E-state index is 9.32. The van der Waals surface area contributed by atoms with E-state index in [1.54, 1.807) is 0 Å². The van der Waals surface area contributed by atoms with Gasteiger partial charge in [-0.05, 0) is 80.0 Å². The van der Waals surface area contributed by atoms with Gasteiger partial charge in [0.2, 0.25) is 0 Å². The summed E-state index contributed by atoms with van der Waals surface area (Å²) in [6.07, 6.45) is 29.9. The number of aliphatic hydroxyl groups excluding tert-OH is 1. The third kappa shape index (κ3) is 25.0. The molecule has 0 bridgehead atoms. The molecule has 1 heteroatoms. The first-order valence-corrected chi connectivity index (χ1v) is 17.8. The van der Waals surface area contributed by atoms with Gasteiger partial charge < -0.3 is 5.11 Å². The third-order valence-corrected chi connectivity index (χ3v) is 9.19. The maximum absolute atomic E-state index is 9.32. The summed E-state index contributed by atoms with van der Waals surface area (Å²) in [7, 11) is 0. The monoisotopic (exact) mass is 537 g/mol. The Labute approximate surface area is 243 Å². The van der Waals surface area contributed by atoms with Crippen molar-refractivity contribution in [1.29, 1.82) is 0 Å². The minimum absolute atomic E-state index is 0.336. The zero-order valence-corrected chi connectivity index (χ0v) is 28.0. The first-order chi connectivity index (χ1) is 18.2. The topological polar surface area (TPSA) is 20.2 Å². The van der Waals surface area contributed by atoms with Crippen LogP contribution in [0.2, 0.25) is 0 Å². The minimum atomic E-state index is 0.336. The standard InChI is InChI=1S/C37H76O/c1-9-10-11-12-13-14-15-16-17-18-19-20-21-22-23-31(2)24-32(3)25-33(4)26-34(5)27-35(6)28-36(7)29-37(8)30-38/h31-38H,9-30H2,1-8H3/t31-,32-,33-,34-,35-,36-,37-/m0/s1. The van der Waals surface area contributed by atoms with Gasteiger partial charge in [0, 0.05) is 6.61 Å². The summed E-state index contributed by atoms with van der Waals surface area (Å²) in [6.45, 7) is 19.6. The third-order valence-electron chi connectivity index (χ3n) is 9.19. The van der Waals surface area contributed by atoms with Crippen LogP contribution in [0.1, 0.15) is 190 Å². The average Bonchev–Trinajstić information content (AvgIpc) is 2.83. The lowest BCUT2D eigenvalue weighted by Gasteiger charge is -2.25. The molecule has 38 heavy (non-hydrogen) atoms. The van der Waals surface area contributed by atoms with E-state index >= 15 is 0 Å². The molecule has 1 nitrogen and oxygen atoms in total. The maximum Gasteiger partial charge on any atom is 0.0456 e. The molecule has 0 aliphatic rings. The van der Waals surface area contributed by atoms with Crippen LogP contribution in [0.5, 0.6) is 0 Å². The van der Waals surface area contributed by atoms with Crippen LogP contribution in [0.3, 0.4) is 0 Å². The van der Waals surface area contributed by atoms with Crippen LogP contribution < -0.4 is 0 Å². The van der Waals surface area contributed by atoms with E-state index in [0.29, 0.717) is 12.5 Å². The summed E-state index contributed by atoms with van der Waals surface area (Å²) < 4.78 is 0. The average molecular weight is 537 g/mol. The molecule has 0 radical (unpaired) electrons. The molecular formula is C37H76O. The molecule has 0 rings (SSSR count). The van der Waals surface area contributed by atoms with Gasteiger partial charge in [-0.25, -0.2) is 0 Å². The van der Waals surface area contributed by atoms with Gasteiger partial charge in [0.05, 0.1) is 0 Å². The number of unbranched alkanes of at least 4 members (excludes halogenated alkanes) is 13. The second-order valence-corrected chi connectivity index (χ2v) is 14.7. The summed E-state index contributed by atoms with van der Waals surface area (Å²) in [5.74, 6) is 5.45. The molecular weight excluding hydrogens is 460 g/mol. The largest absolute Gasteiger partial charge is 0.396 e. The summed E-state index contributed by atoms with van der Waals surface area (Å²) >= 11 is 0. The van der Waals surface area contributed by atoms with Crippen molar-refractivity contribution < 1.29 is 5.11 Å². The van der Waals surface area contributed by atoms with Gasteiger partial charge in [-0.3, -0.25) is 0 Å². The zero-order chi connectivity index (χ0) is 28.6. The second kappa shape index (κ2) is 25.9. The lowest BCUT2D eigenvalue weighted by Crippen LogP contribution is -2.14. The zero-order valence-electron chi connectivity index (χ0n) is 28.0. The molecule has 0 aromatic rings. The van der Waals surface area contributed by atoms with Crippen molar-refractivity contribution >= 4 is 0 Å². The lowest BCUT2D eigenvalue weighted by molar-refractivity contribution is 0.203. The molecule has 0 unspecified atom stereocenters. The van der Waals surface area contributed by atoms with Crippen LogP contribution >= 0.6 is 0 Å². The van der Waals surface area contributed by atoms with Gasteiger partial charge >= 0.3 is 0 Å². The summed E-state index contributed by atoms with van der Waals surface area (Å²) in [5.41, 5.74) is 0. The Kier molecular flexibility index (Phi) is 25.9. The highest BCUT2D eigenvalue weighted by Gasteiger charge is 2.18. The molecule has 0 aromatic heterocycles. The molecule has 0 aromatic carbocycles. The van der Waals surface area contributed by atoms with Gasteiger partial charge in [0.1, 0.15) is 0 Å². The van der Waals surface area contributed by atoms with Crippen molar-refractivity contribution in [2.45, 2.75) is 190 Å². The first kappa shape index (κ1) is 38.0. The van der Waals surface area contributed by atoms with Crippen LogP contribution in [0.25, 0.3) is 0 Å². The van der Waals surface area contributed by atoms with Crippen LogP contribution in [0, 0.1) is 41.4 Å². The molecule has 7 atom stereocenters. The second-order valence-electron chi connectivity index (χ2n) is 14.7. The fourth-order valence-electron chi connectivity index (χ4n) is 7.48. The predicted molar refractivity (Wildman–Crippen MR) is 174 cm³/mol. The summed E-state index contributed by atoms with van der Waals surface area (Å²) in [4.78, 5) is 0. The number of aliphatic hydroxyl groups is 1. The van der Waals surface area contributed by atoms with Gasteiger partial charge in [-0.2, -0.15) is 0 Å². The van der Waals surface area contributed by atoms with Gasteiger partial charge in [0.25, 0.3) is 0 Å². The highest BCUT2D eigenvalue weighted by molar-refractivity contribution is 4.70. The van der Waals surface area contributed by atoms with E-state index in [9.17, 15) is 5.11 Å².